The van der Waals surface area contributed by atoms with E-state index in [0.29, 0.717) is 18.4 Å². The van der Waals surface area contributed by atoms with Crippen LogP contribution in [0.5, 0.6) is 0 Å². The maximum atomic E-state index is 15.2. The molecule has 0 bridgehead atoms. The van der Waals surface area contributed by atoms with Crippen LogP contribution in [0.1, 0.15) is 61.6 Å². The Morgan fingerprint density at radius 3 is 2.56 bits per heavy atom. The van der Waals surface area contributed by atoms with Crippen LogP contribution >= 0.6 is 11.6 Å². The number of Topliss-reactive ketones (excluding diaryl/α,β-unsaturated/α-hetero) is 1. The van der Waals surface area contributed by atoms with E-state index in [1.165, 1.54) is 35.4 Å². The number of nitrogens with two attached hydrogens (primary N) is 1. The molecule has 1 amide bonds. The number of nitrogens with zero attached hydrogens (tertiary/aromatic N) is 2. The zero-order chi connectivity index (χ0) is 30.3. The summed E-state index contributed by atoms with van der Waals surface area (Å²) in [5.41, 5.74) is 6.35. The van der Waals surface area contributed by atoms with Crippen LogP contribution < -0.4 is 5.73 Å². The van der Waals surface area contributed by atoms with E-state index in [1.807, 2.05) is 13.1 Å². The van der Waals surface area contributed by atoms with E-state index in [0.717, 1.165) is 0 Å². The number of ketones is 1. The van der Waals surface area contributed by atoms with Crippen LogP contribution in [-0.2, 0) is 25.4 Å². The zero-order valence-electron chi connectivity index (χ0n) is 23.7. The largest absolute Gasteiger partial charge is 0.456 e. The third-order valence-electron chi connectivity index (χ3n) is 8.21. The van der Waals surface area contributed by atoms with Gasteiger partial charge in [0.25, 0.3) is 0 Å². The Bertz CT molecular complexity index is 1430. The molecule has 1 fully saturated rings. The Hall–Kier alpha value is -3.15. The Kier molecular flexibility index (Phi) is 8.72. The number of carbonyl (C=O) groups is 3. The molecule has 2 atom stereocenters. The van der Waals surface area contributed by atoms with Gasteiger partial charge in [0.2, 0.25) is 11.7 Å². The van der Waals surface area contributed by atoms with Crippen molar-refractivity contribution in [3.63, 3.8) is 0 Å². The summed E-state index contributed by atoms with van der Waals surface area (Å²) < 4.78 is 41.2. The van der Waals surface area contributed by atoms with Gasteiger partial charge in [-0.2, -0.15) is 0 Å². The second kappa shape index (κ2) is 11.6. The summed E-state index contributed by atoms with van der Waals surface area (Å²) in [6.45, 7) is 9.46. The van der Waals surface area contributed by atoms with Crippen LogP contribution in [0.2, 0.25) is 23.2 Å². The predicted molar refractivity (Wildman–Crippen MR) is 154 cm³/mol. The highest BCUT2D eigenvalue weighted by atomic mass is 35.5. The first-order valence-corrected chi connectivity index (χ1v) is 16.6. The molecule has 12 heteroatoms. The second-order valence-electron chi connectivity index (χ2n) is 11.9. The van der Waals surface area contributed by atoms with Crippen molar-refractivity contribution in [2.24, 2.45) is 0 Å². The summed E-state index contributed by atoms with van der Waals surface area (Å²) in [5.74, 6) is -3.52. The molecule has 1 saturated heterocycles. The number of pyridine rings is 1. The maximum absolute atomic E-state index is 15.2. The van der Waals surface area contributed by atoms with Crippen LogP contribution in [0.4, 0.5) is 14.5 Å². The lowest BCUT2D eigenvalue weighted by Crippen LogP contribution is -2.47. The molecule has 220 valence electrons. The van der Waals surface area contributed by atoms with Crippen LogP contribution in [-0.4, -0.2) is 54.6 Å². The molecule has 2 N–H and O–H groups in total. The molecule has 2 aliphatic rings. The molecule has 3 heterocycles. The predicted octanol–water partition coefficient (Wildman–Crippen LogP) is 5.69. The number of carbonyl (C=O) groups excluding carboxylic acids is 3. The number of ether oxygens (including phenoxy) is 1. The summed E-state index contributed by atoms with van der Waals surface area (Å²) in [6.07, 6.45) is 3.61. The number of hydrogen-bond donors (Lipinski definition) is 1. The fourth-order valence-corrected chi connectivity index (χ4v) is 5.92. The molecular formula is C29H34ClF2N3O5Si. The van der Waals surface area contributed by atoms with Crippen LogP contribution in [0, 0.1) is 11.6 Å². The number of anilines is 1. The van der Waals surface area contributed by atoms with Gasteiger partial charge in [0.1, 0.15) is 11.7 Å². The highest BCUT2D eigenvalue weighted by Crippen LogP contribution is 2.40. The van der Waals surface area contributed by atoms with Crippen molar-refractivity contribution in [2.75, 3.05) is 12.3 Å². The fourth-order valence-electron chi connectivity index (χ4n) is 4.83. The maximum Gasteiger partial charge on any atom is 0.329 e. The van der Waals surface area contributed by atoms with E-state index < -0.39 is 50.3 Å². The number of fused-ring (bicyclic) bond motifs is 1. The Balaban J connectivity index is 1.41. The van der Waals surface area contributed by atoms with Gasteiger partial charge in [0.15, 0.2) is 26.6 Å². The van der Waals surface area contributed by atoms with Crippen molar-refractivity contribution in [1.29, 1.82) is 0 Å². The van der Waals surface area contributed by atoms with Crippen molar-refractivity contribution in [3.8, 4) is 0 Å². The lowest BCUT2D eigenvalue weighted by atomic mass is 9.92. The number of benzene rings is 1. The molecule has 8 nitrogen and oxygen atoms in total. The molecule has 0 spiro atoms. The Labute approximate surface area is 244 Å². The topological polar surface area (TPSA) is 112 Å². The van der Waals surface area contributed by atoms with E-state index >= 15 is 4.39 Å². The first kappa shape index (κ1) is 30.8. The Morgan fingerprint density at radius 2 is 1.88 bits per heavy atom. The molecule has 0 saturated carbocycles. The monoisotopic (exact) mass is 605 g/mol. The quantitative estimate of drug-likeness (QED) is 0.178. The van der Waals surface area contributed by atoms with E-state index in [2.05, 4.69) is 25.8 Å². The number of amides is 1. The highest BCUT2D eigenvalue weighted by molar-refractivity contribution is 6.74. The Morgan fingerprint density at radius 1 is 1.17 bits per heavy atom. The third kappa shape index (κ3) is 6.22. The van der Waals surface area contributed by atoms with Crippen molar-refractivity contribution < 1.29 is 32.3 Å². The van der Waals surface area contributed by atoms with Gasteiger partial charge in [-0.3, -0.25) is 14.6 Å². The minimum absolute atomic E-state index is 0.00363. The first-order chi connectivity index (χ1) is 19.1. The zero-order valence-corrected chi connectivity index (χ0v) is 25.5. The molecule has 1 aromatic heterocycles. The van der Waals surface area contributed by atoms with Crippen molar-refractivity contribution in [2.45, 2.75) is 76.9 Å². The standard InChI is InChI=1S/C29H34ClF2N3O5Si/c1-29(2,3)41(4,5)40-14-21-26(31)18(10-11-34-21)23(36)15-39-28(38)22-9-6-17-12-16(13-24(37)35(17)22)25-20(33)8-7-19(30)27(25)32/h7-8,10-11,13,17,22H,6,9,12,14-15,33H2,1-5H3/t17?,22-/m0/s1. The molecule has 4 rings (SSSR count). The molecule has 0 radical (unpaired) electrons. The van der Waals surface area contributed by atoms with Gasteiger partial charge < -0.3 is 19.8 Å². The van der Waals surface area contributed by atoms with Gasteiger partial charge in [-0.15, -0.1) is 0 Å². The number of rotatable bonds is 8. The van der Waals surface area contributed by atoms with Crippen molar-refractivity contribution in [3.05, 3.63) is 63.9 Å². The molecule has 1 aromatic carbocycles. The number of aromatic nitrogens is 1. The SMILES string of the molecule is CC(C)(C)[Si](C)(C)OCc1nccc(C(=O)COC(=O)[C@@H]2CCC3CC(c4c(N)ccc(Cl)c4F)=CC(=O)N32)c1F. The summed E-state index contributed by atoms with van der Waals surface area (Å²) in [6, 6.07) is 2.75. The average Bonchev–Trinajstić information content (AvgIpc) is 3.33. The van der Waals surface area contributed by atoms with Crippen molar-refractivity contribution >= 4 is 48.8 Å². The van der Waals surface area contributed by atoms with E-state index in [4.69, 9.17) is 26.5 Å². The molecule has 2 aromatic rings. The first-order valence-electron chi connectivity index (χ1n) is 13.4. The lowest BCUT2D eigenvalue weighted by molar-refractivity contribution is -0.152. The normalized spacial score (nSPS) is 19.2. The van der Waals surface area contributed by atoms with Gasteiger partial charge in [0.05, 0.1) is 17.2 Å². The molecule has 41 heavy (non-hydrogen) atoms. The van der Waals surface area contributed by atoms with E-state index in [-0.39, 0.29) is 51.6 Å². The van der Waals surface area contributed by atoms with Gasteiger partial charge in [-0.25, -0.2) is 13.6 Å². The van der Waals surface area contributed by atoms with Crippen LogP contribution in [0.25, 0.3) is 5.57 Å². The fraction of sp³-hybridized carbons (Fsp3) is 0.448. The molecule has 1 unspecified atom stereocenters. The number of halogens is 3. The van der Waals surface area contributed by atoms with Gasteiger partial charge in [0, 0.05) is 29.6 Å². The summed E-state index contributed by atoms with van der Waals surface area (Å²) >= 11 is 5.92. The van der Waals surface area contributed by atoms with Crippen LogP contribution in [0.15, 0.2) is 30.5 Å². The number of esters is 1. The molecule has 2 aliphatic heterocycles. The summed E-state index contributed by atoms with van der Waals surface area (Å²) in [5, 5.41) is -0.195. The van der Waals surface area contributed by atoms with Gasteiger partial charge in [-0.05, 0) is 61.2 Å². The third-order valence-corrected chi connectivity index (χ3v) is 13.0. The summed E-state index contributed by atoms with van der Waals surface area (Å²) in [7, 11) is -2.18. The summed E-state index contributed by atoms with van der Waals surface area (Å²) in [4.78, 5) is 44.2. The van der Waals surface area contributed by atoms with Gasteiger partial charge in [-0.1, -0.05) is 32.4 Å². The number of nitrogen functional groups attached to an aromatic ring is 1. The average molecular weight is 606 g/mol. The lowest BCUT2D eigenvalue weighted by Gasteiger charge is -2.36. The smallest absolute Gasteiger partial charge is 0.329 e. The second-order valence-corrected chi connectivity index (χ2v) is 17.1. The van der Waals surface area contributed by atoms with Crippen molar-refractivity contribution in [1.82, 2.24) is 9.88 Å². The highest BCUT2D eigenvalue weighted by Gasteiger charge is 2.44. The number of hydrogen-bond acceptors (Lipinski definition) is 7. The van der Waals surface area contributed by atoms with Crippen LogP contribution in [0.3, 0.4) is 0 Å². The van der Waals surface area contributed by atoms with Gasteiger partial charge >= 0.3 is 5.97 Å². The molecular weight excluding hydrogens is 572 g/mol. The molecule has 0 aliphatic carbocycles. The minimum atomic E-state index is -2.18. The minimum Gasteiger partial charge on any atom is -0.456 e. The van der Waals surface area contributed by atoms with E-state index in [1.54, 1.807) is 0 Å². The van der Waals surface area contributed by atoms with E-state index in [9.17, 15) is 18.8 Å².